The molecular formula is C20H24N2O6S. The van der Waals surface area contributed by atoms with E-state index < -0.39 is 18.5 Å². The number of carbonyl (C=O) groups is 3. The molecular weight excluding hydrogens is 396 g/mol. The van der Waals surface area contributed by atoms with Crippen LogP contribution in [0.1, 0.15) is 40.3 Å². The highest BCUT2D eigenvalue weighted by Crippen LogP contribution is 2.34. The minimum Gasteiger partial charge on any atom is -0.493 e. The number of benzene rings is 1. The molecule has 0 unspecified atom stereocenters. The fourth-order valence-corrected chi connectivity index (χ4v) is 2.99. The van der Waals surface area contributed by atoms with Crippen LogP contribution in [0.5, 0.6) is 11.5 Å². The van der Waals surface area contributed by atoms with E-state index in [2.05, 4.69) is 10.6 Å². The summed E-state index contributed by atoms with van der Waals surface area (Å²) in [6.07, 6.45) is 0.758. The number of nitrogens with one attached hydrogen (secondary N) is 2. The molecule has 0 spiro atoms. The Kier molecular flexibility index (Phi) is 8.02. The van der Waals surface area contributed by atoms with Crippen molar-refractivity contribution in [2.24, 2.45) is 0 Å². The number of methoxy groups -OCH3 is 2. The topological polar surface area (TPSA) is 103 Å². The lowest BCUT2D eigenvalue weighted by Crippen LogP contribution is -2.35. The van der Waals surface area contributed by atoms with Crippen molar-refractivity contribution in [3.8, 4) is 11.5 Å². The van der Waals surface area contributed by atoms with Crippen molar-refractivity contribution in [3.63, 3.8) is 0 Å². The Morgan fingerprint density at radius 1 is 1.14 bits per heavy atom. The smallest absolute Gasteiger partial charge is 0.340 e. The molecule has 29 heavy (non-hydrogen) atoms. The van der Waals surface area contributed by atoms with Gasteiger partial charge in [0.1, 0.15) is 0 Å². The maximum absolute atomic E-state index is 12.6. The summed E-state index contributed by atoms with van der Waals surface area (Å²) in [6, 6.07) is 6.26. The third-order valence-corrected chi connectivity index (χ3v) is 4.96. The minimum atomic E-state index is -0.772. The molecule has 1 aromatic heterocycles. The second-order valence-corrected chi connectivity index (χ2v) is 7.08. The number of rotatable bonds is 9. The fourth-order valence-electron chi connectivity index (χ4n) is 2.37. The van der Waals surface area contributed by atoms with Crippen molar-refractivity contribution in [2.45, 2.75) is 26.3 Å². The number of amides is 2. The highest BCUT2D eigenvalue weighted by molar-refractivity contribution is 7.12. The number of hydrogen-bond donors (Lipinski definition) is 2. The van der Waals surface area contributed by atoms with Gasteiger partial charge in [0.15, 0.2) is 18.1 Å². The third kappa shape index (κ3) is 5.95. The molecule has 0 saturated carbocycles. The Labute approximate surface area is 173 Å². The van der Waals surface area contributed by atoms with Crippen molar-refractivity contribution in [2.75, 3.05) is 26.1 Å². The van der Waals surface area contributed by atoms with Crippen LogP contribution in [-0.4, -0.2) is 44.7 Å². The van der Waals surface area contributed by atoms with Crippen molar-refractivity contribution in [1.29, 1.82) is 0 Å². The van der Waals surface area contributed by atoms with Gasteiger partial charge in [-0.2, -0.15) is 0 Å². The van der Waals surface area contributed by atoms with Gasteiger partial charge in [-0.05, 0) is 24.8 Å². The average Bonchev–Trinajstić information content (AvgIpc) is 3.26. The van der Waals surface area contributed by atoms with Crippen LogP contribution >= 0.6 is 11.3 Å². The Hall–Kier alpha value is -3.07. The summed E-state index contributed by atoms with van der Waals surface area (Å²) in [4.78, 5) is 37.4. The van der Waals surface area contributed by atoms with Crippen LogP contribution in [0.3, 0.4) is 0 Å². The van der Waals surface area contributed by atoms with E-state index in [-0.39, 0.29) is 28.9 Å². The molecule has 0 bridgehead atoms. The molecule has 2 aromatic rings. The first-order chi connectivity index (χ1) is 13.9. The van der Waals surface area contributed by atoms with Gasteiger partial charge in [0.2, 0.25) is 0 Å². The number of esters is 1. The fraction of sp³-hybridized carbons (Fsp3) is 0.350. The lowest BCUT2D eigenvalue weighted by Gasteiger charge is -2.15. The van der Waals surface area contributed by atoms with Gasteiger partial charge in [-0.15, -0.1) is 11.3 Å². The van der Waals surface area contributed by atoms with Crippen LogP contribution in [0.15, 0.2) is 29.6 Å². The summed E-state index contributed by atoms with van der Waals surface area (Å²) in [6.45, 7) is 3.35. The van der Waals surface area contributed by atoms with Crippen LogP contribution in [0.2, 0.25) is 0 Å². The molecule has 8 nitrogen and oxygen atoms in total. The van der Waals surface area contributed by atoms with Gasteiger partial charge in [-0.1, -0.05) is 13.0 Å². The molecule has 0 saturated heterocycles. The van der Waals surface area contributed by atoms with Gasteiger partial charge in [0.05, 0.1) is 30.3 Å². The molecule has 0 fully saturated rings. The molecule has 0 aliphatic carbocycles. The van der Waals surface area contributed by atoms with Crippen LogP contribution in [0.4, 0.5) is 5.69 Å². The molecule has 0 aliphatic heterocycles. The summed E-state index contributed by atoms with van der Waals surface area (Å²) in [5.41, 5.74) is 0.234. The number of carbonyl (C=O) groups excluding carboxylic acids is 3. The largest absolute Gasteiger partial charge is 0.493 e. The summed E-state index contributed by atoms with van der Waals surface area (Å²) in [5.74, 6) is -0.933. The zero-order chi connectivity index (χ0) is 21.4. The van der Waals surface area contributed by atoms with Gasteiger partial charge in [-0.3, -0.25) is 9.59 Å². The van der Waals surface area contributed by atoms with E-state index in [1.54, 1.807) is 17.5 Å². The Morgan fingerprint density at radius 3 is 2.41 bits per heavy atom. The van der Waals surface area contributed by atoms with Crippen molar-refractivity contribution >= 4 is 34.8 Å². The predicted molar refractivity (Wildman–Crippen MR) is 110 cm³/mol. The van der Waals surface area contributed by atoms with Gasteiger partial charge in [0.25, 0.3) is 11.8 Å². The Balaban J connectivity index is 2.24. The lowest BCUT2D eigenvalue weighted by atomic mass is 10.1. The van der Waals surface area contributed by atoms with Gasteiger partial charge < -0.3 is 24.8 Å². The van der Waals surface area contributed by atoms with Crippen molar-refractivity contribution in [3.05, 3.63) is 40.1 Å². The van der Waals surface area contributed by atoms with Gasteiger partial charge >= 0.3 is 5.97 Å². The molecule has 0 radical (unpaired) electrons. The summed E-state index contributed by atoms with van der Waals surface area (Å²) in [5, 5.41) is 7.17. The normalized spacial score (nSPS) is 11.3. The monoisotopic (exact) mass is 420 g/mol. The van der Waals surface area contributed by atoms with Crippen molar-refractivity contribution in [1.82, 2.24) is 5.32 Å². The summed E-state index contributed by atoms with van der Waals surface area (Å²) < 4.78 is 15.6. The zero-order valence-corrected chi connectivity index (χ0v) is 17.6. The molecule has 9 heteroatoms. The first kappa shape index (κ1) is 22.2. The van der Waals surface area contributed by atoms with E-state index in [0.29, 0.717) is 10.6 Å². The third-order valence-electron chi connectivity index (χ3n) is 4.09. The van der Waals surface area contributed by atoms with E-state index in [1.807, 2.05) is 13.8 Å². The number of anilines is 1. The summed E-state index contributed by atoms with van der Waals surface area (Å²) >= 11 is 1.27. The number of hydrogen-bond acceptors (Lipinski definition) is 7. The van der Waals surface area contributed by atoms with E-state index in [9.17, 15) is 14.4 Å². The first-order valence-electron chi connectivity index (χ1n) is 8.96. The maximum Gasteiger partial charge on any atom is 0.340 e. The average molecular weight is 420 g/mol. The van der Waals surface area contributed by atoms with E-state index in [1.165, 1.54) is 37.7 Å². The molecule has 1 atom stereocenters. The molecule has 1 heterocycles. The molecule has 2 rings (SSSR count). The van der Waals surface area contributed by atoms with Gasteiger partial charge in [0, 0.05) is 18.2 Å². The standard InChI is InChI=1S/C20H24N2O6S/c1-5-12(2)21-18(23)11-28-20(25)13-9-15(26-3)16(27-4)10-14(13)22-19(24)17-7-6-8-29-17/h6-10,12H,5,11H2,1-4H3,(H,21,23)(H,22,24)/t12-/m0/s1. The van der Waals surface area contributed by atoms with Crippen LogP contribution in [-0.2, 0) is 9.53 Å². The SMILES string of the molecule is CC[C@H](C)NC(=O)COC(=O)c1cc(OC)c(OC)cc1NC(=O)c1cccs1. The molecule has 156 valence electrons. The number of ether oxygens (including phenoxy) is 3. The van der Waals surface area contributed by atoms with E-state index in [0.717, 1.165) is 6.42 Å². The van der Waals surface area contributed by atoms with Crippen molar-refractivity contribution < 1.29 is 28.6 Å². The Morgan fingerprint density at radius 2 is 1.83 bits per heavy atom. The minimum absolute atomic E-state index is 0.0251. The van der Waals surface area contributed by atoms with E-state index >= 15 is 0 Å². The van der Waals surface area contributed by atoms with Crippen LogP contribution in [0, 0.1) is 0 Å². The molecule has 2 amide bonds. The highest BCUT2D eigenvalue weighted by atomic mass is 32.1. The summed E-state index contributed by atoms with van der Waals surface area (Å²) in [7, 11) is 2.87. The highest BCUT2D eigenvalue weighted by Gasteiger charge is 2.21. The van der Waals surface area contributed by atoms with Crippen LogP contribution in [0.25, 0.3) is 0 Å². The maximum atomic E-state index is 12.6. The zero-order valence-electron chi connectivity index (χ0n) is 16.7. The molecule has 2 N–H and O–H groups in total. The predicted octanol–water partition coefficient (Wildman–Crippen LogP) is 3.09. The molecule has 0 aliphatic rings. The Bertz CT molecular complexity index is 866. The lowest BCUT2D eigenvalue weighted by molar-refractivity contribution is -0.124. The molecule has 1 aromatic carbocycles. The quantitative estimate of drug-likeness (QED) is 0.605. The first-order valence-corrected chi connectivity index (χ1v) is 9.84. The second kappa shape index (κ2) is 10.5. The van der Waals surface area contributed by atoms with E-state index in [4.69, 9.17) is 14.2 Å². The van der Waals surface area contributed by atoms with Gasteiger partial charge in [-0.25, -0.2) is 4.79 Å². The van der Waals surface area contributed by atoms with Crippen LogP contribution < -0.4 is 20.1 Å². The second-order valence-electron chi connectivity index (χ2n) is 6.14. The number of thiophene rings is 1.